The van der Waals surface area contributed by atoms with E-state index in [4.69, 9.17) is 10.9 Å². The van der Waals surface area contributed by atoms with Gasteiger partial charge in [0.2, 0.25) is 5.91 Å². The smallest absolute Gasteiger partial charge is 0.236 e. The maximum Gasteiger partial charge on any atom is 0.236 e. The number of nitrogens with two attached hydrogens (primary N) is 1. The molecule has 0 radical (unpaired) electrons. The first kappa shape index (κ1) is 13.8. The zero-order valence-electron chi connectivity index (χ0n) is 10.9. The molecule has 1 amide bonds. The summed E-state index contributed by atoms with van der Waals surface area (Å²) in [5.41, 5.74) is 4.98. The topological polar surface area (TPSA) is 78.9 Å². The van der Waals surface area contributed by atoms with Crippen molar-refractivity contribution in [1.82, 2.24) is 4.90 Å². The molecule has 0 aliphatic heterocycles. The maximum absolute atomic E-state index is 12.5. The third kappa shape index (κ3) is 2.37. The molecule has 0 heterocycles. The highest BCUT2D eigenvalue weighted by Gasteiger charge is 2.47. The largest absolute Gasteiger partial charge is 0.409 e. The van der Waals surface area contributed by atoms with Crippen LogP contribution in [0.3, 0.4) is 0 Å². The van der Waals surface area contributed by atoms with E-state index >= 15 is 0 Å². The van der Waals surface area contributed by atoms with E-state index in [0.717, 1.165) is 19.3 Å². The van der Waals surface area contributed by atoms with Crippen molar-refractivity contribution in [2.24, 2.45) is 16.3 Å². The molecule has 1 rings (SSSR count). The van der Waals surface area contributed by atoms with Crippen LogP contribution in [0.4, 0.5) is 0 Å². The van der Waals surface area contributed by atoms with Crippen molar-refractivity contribution in [2.75, 3.05) is 7.05 Å². The van der Waals surface area contributed by atoms with Crippen LogP contribution in [-0.2, 0) is 4.79 Å². The van der Waals surface area contributed by atoms with E-state index in [1.54, 1.807) is 11.9 Å². The van der Waals surface area contributed by atoms with E-state index in [1.807, 2.05) is 13.8 Å². The highest BCUT2D eigenvalue weighted by atomic mass is 16.4. The number of amidine groups is 1. The Morgan fingerprint density at radius 1 is 1.53 bits per heavy atom. The number of carbonyl (C=O) groups is 1. The summed E-state index contributed by atoms with van der Waals surface area (Å²) in [4.78, 5) is 14.2. The molecular weight excluding hydrogens is 218 g/mol. The number of oxime groups is 1. The average molecular weight is 241 g/mol. The molecule has 1 aliphatic rings. The number of nitrogens with zero attached hydrogens (tertiary/aromatic N) is 2. The Kier molecular flexibility index (Phi) is 4.37. The summed E-state index contributed by atoms with van der Waals surface area (Å²) in [6, 6.07) is 0.173. The van der Waals surface area contributed by atoms with E-state index in [2.05, 4.69) is 5.16 Å². The normalized spacial score (nSPS) is 21.2. The van der Waals surface area contributed by atoms with Gasteiger partial charge in [0, 0.05) is 13.1 Å². The number of hydrogen-bond donors (Lipinski definition) is 2. The fourth-order valence-electron chi connectivity index (χ4n) is 2.47. The molecule has 17 heavy (non-hydrogen) atoms. The van der Waals surface area contributed by atoms with Crippen molar-refractivity contribution in [3.05, 3.63) is 0 Å². The lowest BCUT2D eigenvalue weighted by atomic mass is 9.83. The summed E-state index contributed by atoms with van der Waals surface area (Å²) in [5, 5.41) is 12.0. The first-order chi connectivity index (χ1) is 7.99. The van der Waals surface area contributed by atoms with Crippen molar-refractivity contribution >= 4 is 11.7 Å². The molecule has 0 spiro atoms. The van der Waals surface area contributed by atoms with Gasteiger partial charge in [-0.05, 0) is 26.2 Å². The van der Waals surface area contributed by atoms with Crippen LogP contribution in [0.5, 0.6) is 0 Å². The van der Waals surface area contributed by atoms with Gasteiger partial charge in [0.05, 0.1) is 0 Å². The Balaban J connectivity index is 2.96. The van der Waals surface area contributed by atoms with Crippen molar-refractivity contribution in [2.45, 2.75) is 52.0 Å². The molecule has 5 heteroatoms. The van der Waals surface area contributed by atoms with Gasteiger partial charge in [-0.25, -0.2) is 0 Å². The Morgan fingerprint density at radius 3 is 2.47 bits per heavy atom. The van der Waals surface area contributed by atoms with Crippen LogP contribution in [0.2, 0.25) is 0 Å². The van der Waals surface area contributed by atoms with Crippen LogP contribution in [0, 0.1) is 5.41 Å². The molecule has 3 N–H and O–H groups in total. The van der Waals surface area contributed by atoms with Gasteiger partial charge in [-0.2, -0.15) is 0 Å². The van der Waals surface area contributed by atoms with E-state index in [-0.39, 0.29) is 17.8 Å². The lowest BCUT2D eigenvalue weighted by Gasteiger charge is -2.34. The van der Waals surface area contributed by atoms with Gasteiger partial charge in [0.15, 0.2) is 5.84 Å². The minimum Gasteiger partial charge on any atom is -0.409 e. The highest BCUT2D eigenvalue weighted by molar-refractivity contribution is 6.07. The maximum atomic E-state index is 12.5. The number of amides is 1. The average Bonchev–Trinajstić information content (AvgIpc) is 2.85. The van der Waals surface area contributed by atoms with Gasteiger partial charge < -0.3 is 15.8 Å². The van der Waals surface area contributed by atoms with Crippen LogP contribution >= 0.6 is 0 Å². The molecule has 0 bridgehead atoms. The predicted molar refractivity (Wildman–Crippen MR) is 66.8 cm³/mol. The summed E-state index contributed by atoms with van der Waals surface area (Å²) in [5.74, 6) is 0.0507. The molecule has 1 unspecified atom stereocenters. The third-order valence-electron chi connectivity index (χ3n) is 4.04. The Morgan fingerprint density at radius 2 is 2.06 bits per heavy atom. The molecule has 98 valence electrons. The SMILES string of the molecule is CCC(C)N(C)C(=O)C1(C(N)=NO)CCCC1. The molecule has 1 fully saturated rings. The molecule has 1 saturated carbocycles. The molecule has 0 aromatic rings. The zero-order chi connectivity index (χ0) is 13.1. The quantitative estimate of drug-likeness (QED) is 0.339. The van der Waals surface area contributed by atoms with Gasteiger partial charge in [0.1, 0.15) is 5.41 Å². The fraction of sp³-hybridized carbons (Fsp3) is 0.833. The van der Waals surface area contributed by atoms with Crippen molar-refractivity contribution < 1.29 is 10.0 Å². The van der Waals surface area contributed by atoms with Crippen LogP contribution in [-0.4, -0.2) is 34.9 Å². The van der Waals surface area contributed by atoms with E-state index in [0.29, 0.717) is 12.8 Å². The molecule has 0 aromatic carbocycles. The van der Waals surface area contributed by atoms with Crippen molar-refractivity contribution in [3.63, 3.8) is 0 Å². The lowest BCUT2D eigenvalue weighted by Crippen LogP contribution is -2.51. The van der Waals surface area contributed by atoms with Crippen LogP contribution in [0.15, 0.2) is 5.16 Å². The first-order valence-electron chi connectivity index (χ1n) is 6.25. The van der Waals surface area contributed by atoms with Gasteiger partial charge in [0.25, 0.3) is 0 Å². The predicted octanol–water partition coefficient (Wildman–Crippen LogP) is 1.55. The molecule has 1 aliphatic carbocycles. The molecule has 0 saturated heterocycles. The van der Waals surface area contributed by atoms with Gasteiger partial charge in [-0.3, -0.25) is 4.79 Å². The molecule has 5 nitrogen and oxygen atoms in total. The van der Waals surface area contributed by atoms with Crippen LogP contribution in [0.1, 0.15) is 46.0 Å². The molecule has 0 aromatic heterocycles. The third-order valence-corrected chi connectivity index (χ3v) is 4.04. The Bertz CT molecular complexity index is 309. The number of hydrogen-bond acceptors (Lipinski definition) is 3. The standard InChI is InChI=1S/C12H23N3O2/c1-4-9(2)15(3)11(16)12(10(13)14-17)7-5-6-8-12/h9,17H,4-8H2,1-3H3,(H2,13,14). The van der Waals surface area contributed by atoms with Crippen LogP contribution < -0.4 is 5.73 Å². The van der Waals surface area contributed by atoms with Crippen molar-refractivity contribution in [3.8, 4) is 0 Å². The second-order valence-electron chi connectivity index (χ2n) is 4.95. The summed E-state index contributed by atoms with van der Waals surface area (Å²) < 4.78 is 0. The Labute approximate surface area is 103 Å². The minimum absolute atomic E-state index is 0.0142. The number of rotatable bonds is 4. The van der Waals surface area contributed by atoms with E-state index in [9.17, 15) is 4.79 Å². The summed E-state index contributed by atoms with van der Waals surface area (Å²) in [6.07, 6.45) is 4.17. The van der Waals surface area contributed by atoms with Crippen molar-refractivity contribution in [1.29, 1.82) is 0 Å². The van der Waals surface area contributed by atoms with Gasteiger partial charge in [-0.15, -0.1) is 0 Å². The second-order valence-corrected chi connectivity index (χ2v) is 4.95. The number of carbonyl (C=O) groups excluding carboxylic acids is 1. The Hall–Kier alpha value is -1.26. The second kappa shape index (κ2) is 5.38. The van der Waals surface area contributed by atoms with Crippen LogP contribution in [0.25, 0.3) is 0 Å². The first-order valence-corrected chi connectivity index (χ1v) is 6.25. The zero-order valence-corrected chi connectivity index (χ0v) is 10.9. The fourth-order valence-corrected chi connectivity index (χ4v) is 2.47. The van der Waals surface area contributed by atoms with E-state index in [1.165, 1.54) is 0 Å². The summed E-state index contributed by atoms with van der Waals surface area (Å²) >= 11 is 0. The summed E-state index contributed by atoms with van der Waals surface area (Å²) in [6.45, 7) is 4.05. The molecular formula is C12H23N3O2. The molecule has 1 atom stereocenters. The highest BCUT2D eigenvalue weighted by Crippen LogP contribution is 2.40. The van der Waals surface area contributed by atoms with E-state index < -0.39 is 5.41 Å². The van der Waals surface area contributed by atoms with Gasteiger partial charge in [-0.1, -0.05) is 24.9 Å². The summed E-state index contributed by atoms with van der Waals surface area (Å²) in [7, 11) is 1.79. The van der Waals surface area contributed by atoms with Gasteiger partial charge >= 0.3 is 0 Å². The minimum atomic E-state index is -0.771. The monoisotopic (exact) mass is 241 g/mol. The lowest BCUT2D eigenvalue weighted by molar-refractivity contribution is -0.138.